The first-order chi connectivity index (χ1) is 17.5. The van der Waals surface area contributed by atoms with E-state index < -0.39 is 7.12 Å². The van der Waals surface area contributed by atoms with E-state index in [-0.39, 0.29) is 18.0 Å². The van der Waals surface area contributed by atoms with Gasteiger partial charge in [0.1, 0.15) is 23.7 Å². The Morgan fingerprint density at radius 1 is 1.06 bits per heavy atom. The lowest BCUT2D eigenvalue weighted by Crippen LogP contribution is -2.37. The molecule has 36 heavy (non-hydrogen) atoms. The van der Waals surface area contributed by atoms with E-state index in [1.165, 1.54) is 23.5 Å². The van der Waals surface area contributed by atoms with E-state index in [1.54, 1.807) is 43.4 Å². The van der Waals surface area contributed by atoms with Crippen LogP contribution in [0.25, 0.3) is 0 Å². The lowest BCUT2D eigenvalue weighted by Gasteiger charge is -2.20. The van der Waals surface area contributed by atoms with E-state index in [0.29, 0.717) is 22.7 Å². The van der Waals surface area contributed by atoms with Crippen molar-refractivity contribution in [3.8, 4) is 23.4 Å². The van der Waals surface area contributed by atoms with Gasteiger partial charge in [0.25, 0.3) is 11.9 Å². The molecule has 3 aromatic rings. The maximum atomic E-state index is 9.93. The van der Waals surface area contributed by atoms with Crippen LogP contribution in [-0.2, 0) is 15.7 Å². The van der Waals surface area contributed by atoms with E-state index in [9.17, 15) is 10.2 Å². The van der Waals surface area contributed by atoms with Crippen LogP contribution in [0.2, 0.25) is 0 Å². The highest BCUT2D eigenvalue weighted by Gasteiger charge is 2.31. The third-order valence-corrected chi connectivity index (χ3v) is 5.77. The topological polar surface area (TPSA) is 117 Å². The number of pyridine rings is 1. The number of hydrogen-bond donors (Lipinski definition) is 2. The van der Waals surface area contributed by atoms with Crippen LogP contribution in [0.1, 0.15) is 29.2 Å². The van der Waals surface area contributed by atoms with Gasteiger partial charge >= 0.3 is 7.12 Å². The molecule has 1 atom stereocenters. The smallest absolute Gasteiger partial charge is 0.494 e. The molecule has 0 radical (unpaired) electrons. The summed E-state index contributed by atoms with van der Waals surface area (Å²) < 4.78 is 23.0. The second kappa shape index (κ2) is 9.84. The highest BCUT2D eigenvalue weighted by Crippen LogP contribution is 2.40. The number of aliphatic hydroxyl groups is 2. The van der Waals surface area contributed by atoms with Crippen molar-refractivity contribution in [1.82, 2.24) is 9.88 Å². The summed E-state index contributed by atoms with van der Waals surface area (Å²) in [6, 6.07) is 18.3. The molecule has 180 valence electrons. The lowest BCUT2D eigenvalue weighted by molar-refractivity contribution is 0.124. The predicted octanol–water partition coefficient (Wildman–Crippen LogP) is 4.20. The van der Waals surface area contributed by atoms with Crippen molar-refractivity contribution in [2.75, 3.05) is 7.05 Å². The third-order valence-electron chi connectivity index (χ3n) is 5.77. The average Bonchev–Trinajstić information content (AvgIpc) is 3.27. The standard InChI is InChI=1S/C26H22BN3O6/c1-30-15-25(31)35-27(36-26(32)16-30)18-6-8-19(9-7-18)33-23-11-10-21-20(23)3-2-4-22(21)34-24-12-5-17(13-28)14-29-24/h2-9,12,14-16,23,31-32H,10-11H2,1H3/b25-15-,26-16?/t23-/m0/s1. The minimum atomic E-state index is -1.03. The van der Waals surface area contributed by atoms with Crippen molar-refractivity contribution < 1.29 is 29.0 Å². The summed E-state index contributed by atoms with van der Waals surface area (Å²) in [6.07, 6.45) is 5.55. The van der Waals surface area contributed by atoms with E-state index in [2.05, 4.69) is 4.98 Å². The molecule has 2 aliphatic rings. The summed E-state index contributed by atoms with van der Waals surface area (Å²) in [5, 5.41) is 28.8. The molecule has 1 aliphatic carbocycles. The van der Waals surface area contributed by atoms with Crippen LogP contribution in [0.5, 0.6) is 17.4 Å². The first kappa shape index (κ1) is 23.0. The van der Waals surface area contributed by atoms with Gasteiger partial charge in [-0.05, 0) is 42.7 Å². The number of rotatable bonds is 5. The summed E-state index contributed by atoms with van der Waals surface area (Å²) in [6.45, 7) is 0. The van der Waals surface area contributed by atoms with Crippen LogP contribution >= 0.6 is 0 Å². The monoisotopic (exact) mass is 483 g/mol. The Labute approximate surface area is 208 Å². The molecule has 0 amide bonds. The first-order valence-electron chi connectivity index (χ1n) is 11.3. The number of ether oxygens (including phenoxy) is 2. The van der Waals surface area contributed by atoms with Gasteiger partial charge in [0.15, 0.2) is 0 Å². The Kier molecular flexibility index (Phi) is 6.28. The molecule has 0 fully saturated rings. The number of nitriles is 1. The van der Waals surface area contributed by atoms with Crippen LogP contribution in [0.3, 0.4) is 0 Å². The fourth-order valence-corrected chi connectivity index (χ4v) is 4.11. The van der Waals surface area contributed by atoms with Crippen LogP contribution in [0, 0.1) is 11.3 Å². The van der Waals surface area contributed by atoms with E-state index in [4.69, 9.17) is 24.0 Å². The minimum absolute atomic E-state index is 0.147. The highest BCUT2D eigenvalue weighted by molar-refractivity contribution is 6.61. The second-order valence-electron chi connectivity index (χ2n) is 8.30. The molecule has 9 nitrogen and oxygen atoms in total. The van der Waals surface area contributed by atoms with Crippen molar-refractivity contribution in [2.24, 2.45) is 0 Å². The summed E-state index contributed by atoms with van der Waals surface area (Å²) >= 11 is 0. The highest BCUT2D eigenvalue weighted by atomic mass is 16.7. The largest absolute Gasteiger partial charge is 0.636 e. The van der Waals surface area contributed by atoms with Crippen LogP contribution in [0.4, 0.5) is 0 Å². The van der Waals surface area contributed by atoms with E-state index in [1.807, 2.05) is 24.3 Å². The summed E-state index contributed by atoms with van der Waals surface area (Å²) in [7, 11) is 0.592. The van der Waals surface area contributed by atoms with Gasteiger partial charge in [-0.3, -0.25) is 0 Å². The molecule has 0 saturated carbocycles. The van der Waals surface area contributed by atoms with Gasteiger partial charge in [-0.1, -0.05) is 24.3 Å². The molecule has 1 aliphatic heterocycles. The first-order valence-corrected chi connectivity index (χ1v) is 11.3. The summed E-state index contributed by atoms with van der Waals surface area (Å²) in [5.74, 6) is 1.11. The molecule has 1 aromatic heterocycles. The van der Waals surface area contributed by atoms with Gasteiger partial charge in [-0.2, -0.15) is 5.26 Å². The zero-order chi connectivity index (χ0) is 25.1. The molecule has 2 aromatic carbocycles. The van der Waals surface area contributed by atoms with Gasteiger partial charge < -0.3 is 33.9 Å². The van der Waals surface area contributed by atoms with Gasteiger partial charge in [0, 0.05) is 30.3 Å². The number of benzene rings is 2. The maximum Gasteiger partial charge on any atom is 0.636 e. The molecular weight excluding hydrogens is 461 g/mol. The predicted molar refractivity (Wildman–Crippen MR) is 130 cm³/mol. The SMILES string of the molecule is CN1C=C(O)OB(c2ccc(O[C@H]3CCc4c(Oc5ccc(C#N)cn5)cccc43)cc2)O/C(O)=C\1. The maximum absolute atomic E-state index is 9.93. The molecule has 0 bridgehead atoms. The molecular formula is C26H22BN3O6. The van der Waals surface area contributed by atoms with Crippen molar-refractivity contribution in [3.05, 3.63) is 102 Å². The summed E-state index contributed by atoms with van der Waals surface area (Å²) in [5.41, 5.74) is 3.17. The van der Waals surface area contributed by atoms with Crippen LogP contribution in [0.15, 0.2) is 85.1 Å². The average molecular weight is 483 g/mol. The normalized spacial score (nSPS) is 18.3. The molecule has 0 unspecified atom stereocenters. The van der Waals surface area contributed by atoms with Gasteiger partial charge in [0.2, 0.25) is 5.88 Å². The Bertz CT molecular complexity index is 1330. The summed E-state index contributed by atoms with van der Waals surface area (Å²) in [4.78, 5) is 5.60. The Hall–Kier alpha value is -4.78. The molecule has 5 rings (SSSR count). The number of aromatic nitrogens is 1. The van der Waals surface area contributed by atoms with Crippen molar-refractivity contribution in [3.63, 3.8) is 0 Å². The molecule has 0 saturated heterocycles. The quantitative estimate of drug-likeness (QED) is 0.515. The number of nitrogens with zero attached hydrogens (tertiary/aromatic N) is 3. The van der Waals surface area contributed by atoms with Crippen molar-refractivity contribution >= 4 is 12.6 Å². The van der Waals surface area contributed by atoms with Crippen LogP contribution in [-0.4, -0.2) is 34.3 Å². The number of hydrogen-bond acceptors (Lipinski definition) is 9. The lowest BCUT2D eigenvalue weighted by atomic mass is 9.79. The molecule has 10 heteroatoms. The Morgan fingerprint density at radius 2 is 1.81 bits per heavy atom. The molecule has 0 spiro atoms. The van der Waals surface area contributed by atoms with Crippen LogP contribution < -0.4 is 14.9 Å². The number of fused-ring (bicyclic) bond motifs is 1. The zero-order valence-electron chi connectivity index (χ0n) is 19.4. The fourth-order valence-electron chi connectivity index (χ4n) is 4.11. The Balaban J connectivity index is 1.28. The Morgan fingerprint density at radius 3 is 2.47 bits per heavy atom. The van der Waals surface area contributed by atoms with Crippen molar-refractivity contribution in [2.45, 2.75) is 18.9 Å². The molecule has 2 N–H and O–H groups in total. The van der Waals surface area contributed by atoms with E-state index >= 15 is 0 Å². The van der Waals surface area contributed by atoms with Gasteiger partial charge in [-0.15, -0.1) is 0 Å². The van der Waals surface area contributed by atoms with Gasteiger partial charge in [-0.25, -0.2) is 4.98 Å². The zero-order valence-corrected chi connectivity index (χ0v) is 19.4. The number of aliphatic hydroxyl groups excluding tert-OH is 2. The minimum Gasteiger partial charge on any atom is -0.494 e. The second-order valence-corrected chi connectivity index (χ2v) is 8.30. The van der Waals surface area contributed by atoms with Gasteiger partial charge in [0.05, 0.1) is 18.0 Å². The molecule has 2 heterocycles. The third kappa shape index (κ3) is 5.00. The van der Waals surface area contributed by atoms with Crippen molar-refractivity contribution in [1.29, 1.82) is 5.26 Å². The van der Waals surface area contributed by atoms with E-state index in [0.717, 1.165) is 29.7 Å². The fraction of sp³-hybridized carbons (Fsp3) is 0.154.